The number of hydrogen-bond donors (Lipinski definition) is 2. The molecule has 4 rings (SSSR count). The first-order valence-corrected chi connectivity index (χ1v) is 8.65. The number of pyridine rings is 1. The monoisotopic (exact) mass is 399 g/mol. The van der Waals surface area contributed by atoms with Gasteiger partial charge in [0.05, 0.1) is 11.7 Å². The van der Waals surface area contributed by atoms with Crippen LogP contribution in [0.25, 0.3) is 11.0 Å². The second kappa shape index (κ2) is 7.34. The average molecular weight is 399 g/mol. The fraction of sp³-hybridized carbons (Fsp3) is 0.100. The molecule has 2 heterocycles. The van der Waals surface area contributed by atoms with Crippen LogP contribution >= 0.6 is 0 Å². The van der Waals surface area contributed by atoms with E-state index in [1.165, 1.54) is 24.3 Å². The van der Waals surface area contributed by atoms with Gasteiger partial charge >= 0.3 is 6.36 Å². The van der Waals surface area contributed by atoms with Crippen LogP contribution in [0.15, 0.2) is 66.9 Å². The predicted octanol–water partition coefficient (Wildman–Crippen LogP) is 5.35. The number of imidazole rings is 1. The number of anilines is 4. The Hall–Kier alpha value is -3.75. The van der Waals surface area contributed by atoms with Gasteiger partial charge < -0.3 is 19.9 Å². The normalized spacial score (nSPS) is 11.4. The van der Waals surface area contributed by atoms with E-state index in [0.29, 0.717) is 23.0 Å². The van der Waals surface area contributed by atoms with Crippen molar-refractivity contribution in [3.8, 4) is 5.75 Å². The number of alkyl halides is 3. The van der Waals surface area contributed by atoms with Gasteiger partial charge in [-0.05, 0) is 36.4 Å². The number of fused-ring (bicyclic) bond motifs is 1. The summed E-state index contributed by atoms with van der Waals surface area (Å²) in [5, 5.41) is 6.32. The quantitative estimate of drug-likeness (QED) is 0.473. The molecular formula is C20H16F3N5O. The van der Waals surface area contributed by atoms with Crippen molar-refractivity contribution >= 4 is 34.2 Å². The molecule has 2 aromatic carbocycles. The highest BCUT2D eigenvalue weighted by Gasteiger charge is 2.30. The maximum absolute atomic E-state index is 12.3. The number of aryl methyl sites for hydroxylation is 1. The lowest BCUT2D eigenvalue weighted by Crippen LogP contribution is -2.16. The lowest BCUT2D eigenvalue weighted by Gasteiger charge is -2.10. The Morgan fingerprint density at radius 1 is 0.931 bits per heavy atom. The molecule has 0 amide bonds. The van der Waals surface area contributed by atoms with E-state index >= 15 is 0 Å². The molecule has 29 heavy (non-hydrogen) atoms. The number of halogens is 3. The maximum Gasteiger partial charge on any atom is 0.573 e. The zero-order chi connectivity index (χ0) is 20.4. The molecule has 0 radical (unpaired) electrons. The molecule has 0 unspecified atom stereocenters. The molecule has 0 bridgehead atoms. The number of nitrogens with zero attached hydrogens (tertiary/aromatic N) is 3. The summed E-state index contributed by atoms with van der Waals surface area (Å²) in [4.78, 5) is 8.86. The lowest BCUT2D eigenvalue weighted by molar-refractivity contribution is -0.274. The largest absolute Gasteiger partial charge is 0.573 e. The molecule has 0 aliphatic carbocycles. The van der Waals surface area contributed by atoms with Gasteiger partial charge in [-0.15, -0.1) is 13.2 Å². The number of para-hydroxylation sites is 1. The second-order valence-electron chi connectivity index (χ2n) is 6.24. The van der Waals surface area contributed by atoms with Crippen molar-refractivity contribution in [1.82, 2.24) is 14.5 Å². The van der Waals surface area contributed by atoms with E-state index in [-0.39, 0.29) is 5.75 Å². The molecule has 148 valence electrons. The van der Waals surface area contributed by atoms with Gasteiger partial charge in [0.15, 0.2) is 0 Å². The van der Waals surface area contributed by atoms with Gasteiger partial charge in [0, 0.05) is 24.5 Å². The van der Waals surface area contributed by atoms with Crippen molar-refractivity contribution in [2.75, 3.05) is 10.6 Å². The van der Waals surface area contributed by atoms with Gasteiger partial charge in [0.2, 0.25) is 5.95 Å². The summed E-state index contributed by atoms with van der Waals surface area (Å²) in [5.41, 5.74) is 3.05. The van der Waals surface area contributed by atoms with Crippen LogP contribution in [-0.2, 0) is 7.05 Å². The van der Waals surface area contributed by atoms with Gasteiger partial charge in [0.1, 0.15) is 17.1 Å². The molecule has 0 spiro atoms. The Morgan fingerprint density at radius 2 is 1.62 bits per heavy atom. The molecule has 9 heteroatoms. The van der Waals surface area contributed by atoms with Crippen LogP contribution in [0.1, 0.15) is 0 Å². The van der Waals surface area contributed by atoms with Crippen LogP contribution in [0, 0.1) is 0 Å². The van der Waals surface area contributed by atoms with Crippen LogP contribution in [0.3, 0.4) is 0 Å². The Balaban J connectivity index is 1.54. The fourth-order valence-electron chi connectivity index (χ4n) is 2.81. The minimum absolute atomic E-state index is 0.283. The number of aromatic nitrogens is 3. The molecule has 4 aromatic rings. The van der Waals surface area contributed by atoms with Gasteiger partial charge in [-0.25, -0.2) is 9.97 Å². The number of ether oxygens (including phenoxy) is 1. The Bertz CT molecular complexity index is 1120. The number of benzene rings is 2. The van der Waals surface area contributed by atoms with Crippen LogP contribution in [0.4, 0.5) is 36.3 Å². The second-order valence-corrected chi connectivity index (χ2v) is 6.24. The van der Waals surface area contributed by atoms with Crippen LogP contribution in [0.5, 0.6) is 5.75 Å². The van der Waals surface area contributed by atoms with Gasteiger partial charge in [-0.1, -0.05) is 18.2 Å². The van der Waals surface area contributed by atoms with Gasteiger partial charge in [0.25, 0.3) is 0 Å². The fourth-order valence-corrected chi connectivity index (χ4v) is 2.81. The molecule has 0 atom stereocenters. The van der Waals surface area contributed by atoms with Crippen LogP contribution in [-0.4, -0.2) is 20.9 Å². The Labute approximate surface area is 164 Å². The van der Waals surface area contributed by atoms with E-state index < -0.39 is 6.36 Å². The van der Waals surface area contributed by atoms with Crippen molar-refractivity contribution in [2.45, 2.75) is 6.36 Å². The molecule has 2 N–H and O–H groups in total. The summed E-state index contributed by atoms with van der Waals surface area (Å²) in [6, 6.07) is 16.9. The summed E-state index contributed by atoms with van der Waals surface area (Å²) < 4.78 is 42.5. The molecular weight excluding hydrogens is 383 g/mol. The number of hydrogen-bond acceptors (Lipinski definition) is 5. The zero-order valence-corrected chi connectivity index (χ0v) is 15.2. The standard InChI is InChI=1S/C20H16F3N5O/c1-28-17-11-18(25-14-7-9-15(10-8-14)29-20(21,22)23)24-12-16(17)27-19(28)26-13-5-3-2-4-6-13/h2-12H,1H3,(H,24,25)(H,26,27). The third kappa shape index (κ3) is 4.40. The third-order valence-electron chi connectivity index (χ3n) is 4.16. The lowest BCUT2D eigenvalue weighted by atomic mass is 10.3. The SMILES string of the molecule is Cn1c(Nc2ccccc2)nc2cnc(Nc3ccc(OC(F)(F)F)cc3)cc21. The van der Waals surface area contributed by atoms with E-state index in [9.17, 15) is 13.2 Å². The molecule has 0 aliphatic heterocycles. The molecule has 6 nitrogen and oxygen atoms in total. The summed E-state index contributed by atoms with van der Waals surface area (Å²) in [6.07, 6.45) is -3.08. The highest BCUT2D eigenvalue weighted by Crippen LogP contribution is 2.27. The van der Waals surface area contributed by atoms with Crippen molar-refractivity contribution in [1.29, 1.82) is 0 Å². The predicted molar refractivity (Wildman–Crippen MR) is 105 cm³/mol. The van der Waals surface area contributed by atoms with Crippen molar-refractivity contribution in [3.05, 3.63) is 66.9 Å². The first-order valence-electron chi connectivity index (χ1n) is 8.65. The van der Waals surface area contributed by atoms with E-state index in [0.717, 1.165) is 11.2 Å². The topological polar surface area (TPSA) is 64.0 Å². The summed E-state index contributed by atoms with van der Waals surface area (Å²) >= 11 is 0. The third-order valence-corrected chi connectivity index (χ3v) is 4.16. The zero-order valence-electron chi connectivity index (χ0n) is 15.2. The minimum atomic E-state index is -4.72. The number of rotatable bonds is 5. The first kappa shape index (κ1) is 18.6. The van der Waals surface area contributed by atoms with Gasteiger partial charge in [-0.3, -0.25) is 0 Å². The number of nitrogens with one attached hydrogen (secondary N) is 2. The summed E-state index contributed by atoms with van der Waals surface area (Å²) in [5.74, 6) is 0.921. The van der Waals surface area contributed by atoms with E-state index in [2.05, 4.69) is 25.3 Å². The molecule has 2 aromatic heterocycles. The van der Waals surface area contributed by atoms with Crippen LogP contribution < -0.4 is 15.4 Å². The molecule has 0 saturated carbocycles. The highest BCUT2D eigenvalue weighted by molar-refractivity contribution is 5.82. The van der Waals surface area contributed by atoms with Crippen molar-refractivity contribution in [2.24, 2.45) is 7.05 Å². The molecule has 0 aliphatic rings. The Morgan fingerprint density at radius 3 is 2.31 bits per heavy atom. The molecule has 0 fully saturated rings. The summed E-state index contributed by atoms with van der Waals surface area (Å²) in [7, 11) is 1.88. The van der Waals surface area contributed by atoms with Crippen LogP contribution in [0.2, 0.25) is 0 Å². The maximum atomic E-state index is 12.3. The van der Waals surface area contributed by atoms with Crippen molar-refractivity contribution in [3.63, 3.8) is 0 Å². The summed E-state index contributed by atoms with van der Waals surface area (Å²) in [6.45, 7) is 0. The van der Waals surface area contributed by atoms with E-state index in [4.69, 9.17) is 0 Å². The van der Waals surface area contributed by atoms with Gasteiger partial charge in [-0.2, -0.15) is 0 Å². The average Bonchev–Trinajstić information content (AvgIpc) is 2.98. The van der Waals surface area contributed by atoms with E-state index in [1.807, 2.05) is 48.0 Å². The Kier molecular flexibility index (Phi) is 4.71. The van der Waals surface area contributed by atoms with E-state index in [1.54, 1.807) is 6.20 Å². The minimum Gasteiger partial charge on any atom is -0.406 e. The smallest absolute Gasteiger partial charge is 0.406 e. The highest BCUT2D eigenvalue weighted by atomic mass is 19.4. The molecule has 0 saturated heterocycles. The van der Waals surface area contributed by atoms with Crippen molar-refractivity contribution < 1.29 is 17.9 Å². The first-order chi connectivity index (χ1) is 13.9.